The van der Waals surface area contributed by atoms with Crippen LogP contribution in [0, 0.1) is 5.92 Å². The van der Waals surface area contributed by atoms with Crippen molar-refractivity contribution in [1.82, 2.24) is 4.90 Å². The second-order valence-corrected chi connectivity index (χ2v) is 7.99. The molecule has 1 atom stereocenters. The van der Waals surface area contributed by atoms with Crippen LogP contribution in [0.5, 0.6) is 0 Å². The molecule has 2 bridgehead atoms. The Morgan fingerprint density at radius 3 is 2.55 bits per heavy atom. The van der Waals surface area contributed by atoms with Gasteiger partial charge in [-0.2, -0.15) is 0 Å². The summed E-state index contributed by atoms with van der Waals surface area (Å²) in [6.07, 6.45) is 2.19. The average molecular weight is 343 g/mol. The summed E-state index contributed by atoms with van der Waals surface area (Å²) < 4.78 is 5.91. The van der Waals surface area contributed by atoms with Crippen molar-refractivity contribution in [3.8, 4) is 0 Å². The first-order chi connectivity index (χ1) is 10.1. The van der Waals surface area contributed by atoms with Gasteiger partial charge in [-0.25, -0.2) is 4.79 Å². The lowest BCUT2D eigenvalue weighted by Gasteiger charge is -2.49. The lowest BCUT2D eigenvalue weighted by atomic mass is 9.75. The number of fused-ring (bicyclic) bond motifs is 2. The first-order valence-corrected chi connectivity index (χ1v) is 8.72. The first-order valence-electron chi connectivity index (χ1n) is 7.90. The monoisotopic (exact) mass is 342 g/mol. The number of piperidine rings is 3. The predicted molar refractivity (Wildman–Crippen MR) is 91.4 cm³/mol. The fourth-order valence-corrected chi connectivity index (χ4v) is 4.98. The van der Waals surface area contributed by atoms with Gasteiger partial charge in [0.05, 0.1) is 6.54 Å². The molecule has 1 spiro atoms. The van der Waals surface area contributed by atoms with E-state index < -0.39 is 0 Å². The molecule has 1 amide bonds. The van der Waals surface area contributed by atoms with Crippen molar-refractivity contribution in [3.63, 3.8) is 0 Å². The van der Waals surface area contributed by atoms with Crippen molar-refractivity contribution in [3.05, 3.63) is 17.0 Å². The van der Waals surface area contributed by atoms with Gasteiger partial charge in [0.25, 0.3) is 0 Å². The van der Waals surface area contributed by atoms with Gasteiger partial charge in [0, 0.05) is 17.3 Å². The number of carbonyl (C=O) groups is 1. The summed E-state index contributed by atoms with van der Waals surface area (Å²) >= 11 is 1.72. The molecule has 0 N–H and O–H groups in total. The second kappa shape index (κ2) is 5.69. The van der Waals surface area contributed by atoms with Crippen molar-refractivity contribution < 1.29 is 9.53 Å². The Morgan fingerprint density at radius 2 is 2.00 bits per heavy atom. The van der Waals surface area contributed by atoms with Gasteiger partial charge in [0.1, 0.15) is 10.6 Å². The molecule has 4 aliphatic heterocycles. The van der Waals surface area contributed by atoms with Crippen molar-refractivity contribution >= 4 is 34.8 Å². The molecule has 0 aliphatic carbocycles. The highest BCUT2D eigenvalue weighted by molar-refractivity contribution is 7.16. The number of hydrogen-bond acceptors (Lipinski definition) is 4. The standard InChI is InChI=1S/C16H22N2O2S.ClH/c1-11(2)13-3-4-14(21-13)18-10-16(20-15(18)19)9-17-7-5-12(16)6-8-17;/h3-4,11-12H,5-10H2,1-2H3;1H/t16-;/m1./s1. The van der Waals surface area contributed by atoms with Gasteiger partial charge < -0.3 is 4.74 Å². The van der Waals surface area contributed by atoms with E-state index in [9.17, 15) is 4.79 Å². The highest BCUT2D eigenvalue weighted by Gasteiger charge is 2.55. The van der Waals surface area contributed by atoms with Gasteiger partial charge in [-0.15, -0.1) is 23.7 Å². The number of halogens is 1. The van der Waals surface area contributed by atoms with Crippen LogP contribution >= 0.6 is 23.7 Å². The van der Waals surface area contributed by atoms with Gasteiger partial charge in [-0.3, -0.25) is 9.80 Å². The normalized spacial score (nSPS) is 33.4. The number of carbonyl (C=O) groups excluding carboxylic acids is 1. The third-order valence-electron chi connectivity index (χ3n) is 5.21. The van der Waals surface area contributed by atoms with Crippen LogP contribution in [0.2, 0.25) is 0 Å². The molecule has 0 unspecified atom stereocenters. The molecule has 22 heavy (non-hydrogen) atoms. The fourth-order valence-electron chi connectivity index (χ4n) is 3.98. The molecule has 6 heteroatoms. The van der Waals surface area contributed by atoms with E-state index in [1.165, 1.54) is 30.8 Å². The largest absolute Gasteiger partial charge is 0.439 e. The molecule has 0 radical (unpaired) electrons. The molecule has 4 aliphatic rings. The Hall–Kier alpha value is -0.780. The minimum Gasteiger partial charge on any atom is -0.439 e. The SMILES string of the molecule is CC(C)c1ccc(N2C[C@@]3(CN4CCC3CC4)OC2=O)s1.Cl. The van der Waals surface area contributed by atoms with Crippen molar-refractivity contribution in [1.29, 1.82) is 0 Å². The molecule has 4 nitrogen and oxygen atoms in total. The van der Waals surface area contributed by atoms with Gasteiger partial charge in [-0.1, -0.05) is 13.8 Å². The van der Waals surface area contributed by atoms with Crippen LogP contribution in [0.25, 0.3) is 0 Å². The smallest absolute Gasteiger partial charge is 0.415 e. The summed E-state index contributed by atoms with van der Waals surface area (Å²) in [5.74, 6) is 1.05. The maximum Gasteiger partial charge on any atom is 0.415 e. The van der Waals surface area contributed by atoms with Crippen LogP contribution in [0.1, 0.15) is 37.5 Å². The average Bonchev–Trinajstić information content (AvgIpc) is 3.05. The van der Waals surface area contributed by atoms with Crippen LogP contribution < -0.4 is 4.90 Å². The van der Waals surface area contributed by atoms with E-state index in [4.69, 9.17) is 4.74 Å². The molecule has 5 rings (SSSR count). The van der Waals surface area contributed by atoms with Crippen LogP contribution in [-0.4, -0.2) is 42.8 Å². The van der Waals surface area contributed by atoms with E-state index in [2.05, 4.69) is 30.9 Å². The zero-order valence-electron chi connectivity index (χ0n) is 13.1. The number of hydrogen-bond donors (Lipinski definition) is 0. The van der Waals surface area contributed by atoms with Gasteiger partial charge in [0.2, 0.25) is 0 Å². The molecule has 4 fully saturated rings. The summed E-state index contributed by atoms with van der Waals surface area (Å²) in [4.78, 5) is 18.0. The molecular weight excluding hydrogens is 320 g/mol. The Bertz CT molecular complexity index is 568. The van der Waals surface area contributed by atoms with Crippen LogP contribution in [0.15, 0.2) is 12.1 Å². The topological polar surface area (TPSA) is 32.8 Å². The van der Waals surface area contributed by atoms with Gasteiger partial charge in [0.15, 0.2) is 0 Å². The summed E-state index contributed by atoms with van der Waals surface area (Å²) in [7, 11) is 0. The molecule has 5 heterocycles. The third-order valence-corrected chi connectivity index (χ3v) is 6.62. The van der Waals surface area contributed by atoms with Crippen molar-refractivity contribution in [2.24, 2.45) is 5.92 Å². The number of anilines is 1. The van der Waals surface area contributed by atoms with E-state index in [0.29, 0.717) is 11.8 Å². The molecule has 4 saturated heterocycles. The Kier molecular flexibility index (Phi) is 4.16. The third kappa shape index (κ3) is 2.43. The second-order valence-electron chi connectivity index (χ2n) is 6.90. The lowest BCUT2D eigenvalue weighted by molar-refractivity contribution is -0.0881. The number of ether oxygens (including phenoxy) is 1. The van der Waals surface area contributed by atoms with E-state index in [1.807, 2.05) is 4.90 Å². The lowest BCUT2D eigenvalue weighted by Crippen LogP contribution is -2.61. The van der Waals surface area contributed by atoms with E-state index >= 15 is 0 Å². The molecular formula is C16H23ClN2O2S. The Labute approximate surface area is 141 Å². The highest BCUT2D eigenvalue weighted by atomic mass is 35.5. The quantitative estimate of drug-likeness (QED) is 0.821. The fraction of sp³-hybridized carbons (Fsp3) is 0.688. The number of nitrogens with zero attached hydrogens (tertiary/aromatic N) is 2. The Morgan fingerprint density at radius 1 is 1.27 bits per heavy atom. The molecule has 1 aromatic rings. The number of amides is 1. The number of rotatable bonds is 2. The molecule has 0 saturated carbocycles. The van der Waals surface area contributed by atoms with E-state index in [0.717, 1.165) is 18.1 Å². The zero-order valence-corrected chi connectivity index (χ0v) is 14.7. The van der Waals surface area contributed by atoms with Crippen molar-refractivity contribution in [2.75, 3.05) is 31.1 Å². The van der Waals surface area contributed by atoms with Crippen LogP contribution in [0.3, 0.4) is 0 Å². The summed E-state index contributed by atoms with van der Waals surface area (Å²) in [6.45, 7) is 8.36. The van der Waals surface area contributed by atoms with Crippen LogP contribution in [0.4, 0.5) is 9.80 Å². The molecule has 1 aromatic heterocycles. The summed E-state index contributed by atoms with van der Waals surface area (Å²) in [6, 6.07) is 4.21. The predicted octanol–water partition coefficient (Wildman–Crippen LogP) is 3.71. The number of thiophene rings is 1. The maximum atomic E-state index is 12.4. The first kappa shape index (κ1) is 16.1. The van der Waals surface area contributed by atoms with Gasteiger partial charge in [-0.05, 0) is 44.0 Å². The minimum absolute atomic E-state index is 0. The van der Waals surface area contributed by atoms with Gasteiger partial charge >= 0.3 is 6.09 Å². The maximum absolute atomic E-state index is 12.4. The van der Waals surface area contributed by atoms with Crippen LogP contribution in [-0.2, 0) is 4.74 Å². The molecule has 0 aromatic carbocycles. The Balaban J connectivity index is 0.00000144. The zero-order chi connectivity index (χ0) is 14.6. The van der Waals surface area contributed by atoms with E-state index in [-0.39, 0.29) is 24.1 Å². The summed E-state index contributed by atoms with van der Waals surface area (Å²) in [5, 5.41) is 1.04. The molecule has 122 valence electrons. The highest BCUT2D eigenvalue weighted by Crippen LogP contribution is 2.44. The van der Waals surface area contributed by atoms with E-state index in [1.54, 1.807) is 11.3 Å². The summed E-state index contributed by atoms with van der Waals surface area (Å²) in [5.41, 5.74) is -0.254. The van der Waals surface area contributed by atoms with Crippen molar-refractivity contribution in [2.45, 2.75) is 38.2 Å². The minimum atomic E-state index is -0.254.